The van der Waals surface area contributed by atoms with E-state index in [0.29, 0.717) is 16.4 Å². The first-order valence-electron chi connectivity index (χ1n) is 11.4. The number of benzene rings is 2. The normalized spacial score (nSPS) is 13.6. The van der Waals surface area contributed by atoms with Gasteiger partial charge in [0.1, 0.15) is 0 Å². The fourth-order valence-corrected chi connectivity index (χ4v) is 4.96. The predicted molar refractivity (Wildman–Crippen MR) is 137 cm³/mol. The number of rotatable bonds is 6. The van der Waals surface area contributed by atoms with E-state index in [1.54, 1.807) is 29.9 Å². The first-order valence-corrected chi connectivity index (χ1v) is 12.3. The Morgan fingerprint density at radius 1 is 0.941 bits per heavy atom. The predicted octanol–water partition coefficient (Wildman–Crippen LogP) is 5.12. The van der Waals surface area contributed by atoms with Crippen LogP contribution in [0.4, 0.5) is 16.5 Å². The van der Waals surface area contributed by atoms with Crippen LogP contribution in [-0.4, -0.2) is 34.9 Å². The molecule has 1 aliphatic heterocycles. The van der Waals surface area contributed by atoms with Gasteiger partial charge in [0.05, 0.1) is 17.8 Å². The Hall–Kier alpha value is -3.78. The summed E-state index contributed by atoms with van der Waals surface area (Å²) in [5.74, 6) is -0.388. The van der Waals surface area contributed by atoms with Crippen LogP contribution in [-0.2, 0) is 11.2 Å². The minimum absolute atomic E-state index is 0.118. The van der Waals surface area contributed by atoms with Gasteiger partial charge in [0.25, 0.3) is 5.91 Å². The lowest BCUT2D eigenvalue weighted by Gasteiger charge is -2.30. The molecule has 34 heavy (non-hydrogen) atoms. The topological polar surface area (TPSA) is 87.2 Å². The van der Waals surface area contributed by atoms with E-state index in [4.69, 9.17) is 0 Å². The molecule has 1 aliphatic rings. The number of carbonyl (C=O) groups is 2. The molecule has 7 nitrogen and oxygen atoms in total. The summed E-state index contributed by atoms with van der Waals surface area (Å²) >= 11 is 1.30. The van der Waals surface area contributed by atoms with Gasteiger partial charge in [0.15, 0.2) is 5.13 Å². The van der Waals surface area contributed by atoms with E-state index in [-0.39, 0.29) is 18.2 Å². The zero-order valence-corrected chi connectivity index (χ0v) is 19.5. The van der Waals surface area contributed by atoms with E-state index in [1.165, 1.54) is 36.3 Å². The van der Waals surface area contributed by atoms with Crippen molar-refractivity contribution in [3.8, 4) is 0 Å². The van der Waals surface area contributed by atoms with Crippen LogP contribution in [0, 0.1) is 0 Å². The lowest BCUT2D eigenvalue weighted by atomic mass is 10.0. The van der Waals surface area contributed by atoms with Crippen LogP contribution in [0.25, 0.3) is 10.8 Å². The third-order valence-corrected chi connectivity index (χ3v) is 6.72. The van der Waals surface area contributed by atoms with Crippen molar-refractivity contribution < 1.29 is 9.59 Å². The lowest BCUT2D eigenvalue weighted by molar-refractivity contribution is -0.115. The van der Waals surface area contributed by atoms with Crippen LogP contribution in [0.15, 0.2) is 66.3 Å². The minimum atomic E-state index is -0.223. The van der Waals surface area contributed by atoms with Crippen molar-refractivity contribution >= 4 is 50.4 Å². The van der Waals surface area contributed by atoms with Crippen molar-refractivity contribution in [1.29, 1.82) is 0 Å². The van der Waals surface area contributed by atoms with E-state index >= 15 is 0 Å². The van der Waals surface area contributed by atoms with E-state index in [1.807, 2.05) is 30.3 Å². The first kappa shape index (κ1) is 22.0. The molecule has 172 valence electrons. The Morgan fingerprint density at radius 2 is 1.76 bits per heavy atom. The number of piperidine rings is 1. The van der Waals surface area contributed by atoms with Crippen LogP contribution >= 0.6 is 11.3 Å². The fourth-order valence-electron chi connectivity index (χ4n) is 4.26. The molecule has 5 rings (SSSR count). The molecule has 1 fully saturated rings. The van der Waals surface area contributed by atoms with Gasteiger partial charge in [-0.25, -0.2) is 4.98 Å². The van der Waals surface area contributed by atoms with Gasteiger partial charge in [-0.1, -0.05) is 18.2 Å². The molecule has 0 unspecified atom stereocenters. The van der Waals surface area contributed by atoms with Crippen molar-refractivity contribution in [3.05, 3.63) is 77.6 Å². The number of pyridine rings is 1. The molecule has 2 aromatic carbocycles. The maximum Gasteiger partial charge on any atom is 0.257 e. The van der Waals surface area contributed by atoms with Gasteiger partial charge in [-0.05, 0) is 49.6 Å². The van der Waals surface area contributed by atoms with Crippen molar-refractivity contribution in [2.45, 2.75) is 25.7 Å². The highest BCUT2D eigenvalue weighted by molar-refractivity contribution is 7.14. The van der Waals surface area contributed by atoms with Crippen molar-refractivity contribution in [2.75, 3.05) is 28.6 Å². The smallest absolute Gasteiger partial charge is 0.257 e. The van der Waals surface area contributed by atoms with Crippen LogP contribution in [0.2, 0.25) is 0 Å². The number of aromatic nitrogens is 2. The van der Waals surface area contributed by atoms with E-state index in [2.05, 4.69) is 31.6 Å². The third-order valence-electron chi connectivity index (χ3n) is 5.92. The third kappa shape index (κ3) is 4.92. The van der Waals surface area contributed by atoms with Gasteiger partial charge in [-0.2, -0.15) is 0 Å². The quantitative estimate of drug-likeness (QED) is 0.408. The summed E-state index contributed by atoms with van der Waals surface area (Å²) in [5.41, 5.74) is 3.10. The van der Waals surface area contributed by atoms with Gasteiger partial charge in [0.2, 0.25) is 5.91 Å². The number of fused-ring (bicyclic) bond motifs is 1. The highest BCUT2D eigenvalue weighted by atomic mass is 32.1. The Balaban J connectivity index is 1.27. The van der Waals surface area contributed by atoms with Crippen LogP contribution in [0.1, 0.15) is 35.3 Å². The molecule has 2 aromatic heterocycles. The Bertz CT molecular complexity index is 1320. The lowest BCUT2D eigenvalue weighted by Crippen LogP contribution is -2.29. The molecule has 4 aromatic rings. The van der Waals surface area contributed by atoms with Crippen LogP contribution < -0.4 is 15.5 Å². The number of hydrogen-bond acceptors (Lipinski definition) is 6. The number of nitrogens with zero attached hydrogens (tertiary/aromatic N) is 3. The number of thiazole rings is 1. The maximum absolute atomic E-state index is 12.8. The summed E-state index contributed by atoms with van der Waals surface area (Å²) in [6, 6.07) is 15.0. The second-order valence-corrected chi connectivity index (χ2v) is 9.15. The molecule has 1 saturated heterocycles. The van der Waals surface area contributed by atoms with Crippen LogP contribution in [0.3, 0.4) is 0 Å². The highest BCUT2D eigenvalue weighted by Gasteiger charge is 2.17. The fraction of sp³-hybridized carbons (Fsp3) is 0.231. The van der Waals surface area contributed by atoms with Gasteiger partial charge < -0.3 is 10.2 Å². The summed E-state index contributed by atoms with van der Waals surface area (Å²) < 4.78 is 0. The molecule has 0 atom stereocenters. The van der Waals surface area contributed by atoms with E-state index < -0.39 is 0 Å². The number of anilines is 3. The van der Waals surface area contributed by atoms with Crippen molar-refractivity contribution in [3.63, 3.8) is 0 Å². The number of hydrogen-bond donors (Lipinski definition) is 2. The molecule has 3 heterocycles. The molecule has 2 amide bonds. The second-order valence-electron chi connectivity index (χ2n) is 8.29. The van der Waals surface area contributed by atoms with E-state index in [0.717, 1.165) is 29.5 Å². The Morgan fingerprint density at radius 3 is 2.59 bits per heavy atom. The van der Waals surface area contributed by atoms with Gasteiger partial charge in [-0.3, -0.25) is 19.9 Å². The molecule has 0 radical (unpaired) electrons. The summed E-state index contributed by atoms with van der Waals surface area (Å²) in [4.78, 5) is 36.2. The van der Waals surface area contributed by atoms with Gasteiger partial charge in [-0.15, -0.1) is 11.3 Å². The average Bonchev–Trinajstić information content (AvgIpc) is 3.31. The standard InChI is InChI=1S/C26H25N5O2S/c32-24(15-19-17-34-26(28-19)30-25(33)18-7-3-1-4-8-18)29-22-9-10-23(31-13-5-2-6-14-31)20-11-12-27-16-21(20)22/h1,3-4,7-12,16-17H,2,5-6,13-15H2,(H,29,32)(H,28,30,33). The summed E-state index contributed by atoms with van der Waals surface area (Å²) in [6.45, 7) is 2.10. The second kappa shape index (κ2) is 10.0. The zero-order chi connectivity index (χ0) is 23.3. The van der Waals surface area contributed by atoms with Crippen molar-refractivity contribution in [2.24, 2.45) is 0 Å². The molecule has 0 saturated carbocycles. The summed E-state index contributed by atoms with van der Waals surface area (Å²) in [6.07, 6.45) is 7.39. The maximum atomic E-state index is 12.8. The Labute approximate surface area is 201 Å². The summed E-state index contributed by atoms with van der Waals surface area (Å²) in [5, 5.41) is 10.1. The van der Waals surface area contributed by atoms with E-state index in [9.17, 15) is 9.59 Å². The van der Waals surface area contributed by atoms with Crippen LogP contribution in [0.5, 0.6) is 0 Å². The largest absolute Gasteiger partial charge is 0.371 e. The van der Waals surface area contributed by atoms with Gasteiger partial charge >= 0.3 is 0 Å². The molecule has 2 N–H and O–H groups in total. The van der Waals surface area contributed by atoms with Gasteiger partial charge in [0, 0.05) is 52.9 Å². The highest BCUT2D eigenvalue weighted by Crippen LogP contribution is 2.33. The number of carbonyl (C=O) groups excluding carboxylic acids is 2. The molecule has 0 bridgehead atoms. The van der Waals surface area contributed by atoms with Crippen molar-refractivity contribution in [1.82, 2.24) is 9.97 Å². The Kier molecular flexibility index (Phi) is 6.49. The average molecular weight is 472 g/mol. The summed E-state index contributed by atoms with van der Waals surface area (Å²) in [7, 11) is 0. The molecular formula is C26H25N5O2S. The number of amides is 2. The number of nitrogens with one attached hydrogen (secondary N) is 2. The first-order chi connectivity index (χ1) is 16.7. The molecule has 8 heteroatoms. The SMILES string of the molecule is O=C(Cc1csc(NC(=O)c2ccccc2)n1)Nc1ccc(N2CCCCC2)c2ccncc12. The monoisotopic (exact) mass is 471 g/mol. The molecule has 0 spiro atoms. The molecule has 0 aliphatic carbocycles. The zero-order valence-electron chi connectivity index (χ0n) is 18.7. The minimum Gasteiger partial charge on any atom is -0.371 e. The molecular weight excluding hydrogens is 446 g/mol.